The van der Waals surface area contributed by atoms with E-state index in [-0.39, 0.29) is 6.03 Å². The molecule has 0 saturated carbocycles. The zero-order valence-corrected chi connectivity index (χ0v) is 15.6. The van der Waals surface area contributed by atoms with Gasteiger partial charge in [0.25, 0.3) is 0 Å². The molecule has 5 heteroatoms. The molecule has 1 aromatic carbocycles. The molecule has 0 aromatic heterocycles. The van der Waals surface area contributed by atoms with Crippen LogP contribution in [0.25, 0.3) is 0 Å². The Labute approximate surface area is 150 Å². The van der Waals surface area contributed by atoms with Crippen LogP contribution in [0.15, 0.2) is 24.3 Å². The van der Waals surface area contributed by atoms with Gasteiger partial charge in [-0.05, 0) is 43.1 Å². The molecule has 2 fully saturated rings. The Morgan fingerprint density at radius 3 is 2.71 bits per heavy atom. The number of urea groups is 1. The van der Waals surface area contributed by atoms with Crippen LogP contribution < -0.4 is 5.32 Å². The highest BCUT2D eigenvalue weighted by Gasteiger charge is 2.27. The van der Waals surface area contributed by atoms with Crippen LogP contribution in [0.1, 0.15) is 30.4 Å². The van der Waals surface area contributed by atoms with Crippen LogP contribution in [0, 0.1) is 6.92 Å². The Morgan fingerprint density at radius 2 is 2.04 bits per heavy atom. The van der Waals surface area contributed by atoms with Crippen molar-refractivity contribution in [2.24, 2.45) is 0 Å². The summed E-state index contributed by atoms with van der Waals surface area (Å²) in [5.41, 5.74) is 2.78. The number of thioether (sulfide) groups is 1. The summed E-state index contributed by atoms with van der Waals surface area (Å²) in [5.74, 6) is 2.26. The molecule has 2 aliphatic rings. The summed E-state index contributed by atoms with van der Waals surface area (Å²) in [6.45, 7) is 5.32. The number of hydrogen-bond donors (Lipinski definition) is 1. The highest BCUT2D eigenvalue weighted by molar-refractivity contribution is 7.99. The predicted molar refractivity (Wildman–Crippen MR) is 102 cm³/mol. The van der Waals surface area contributed by atoms with E-state index in [1.165, 1.54) is 16.9 Å². The second-order valence-electron chi connectivity index (χ2n) is 7.05. The van der Waals surface area contributed by atoms with Gasteiger partial charge in [0, 0.05) is 44.5 Å². The van der Waals surface area contributed by atoms with Crippen molar-refractivity contribution in [3.05, 3.63) is 35.4 Å². The summed E-state index contributed by atoms with van der Waals surface area (Å²) >= 11 is 1.95. The van der Waals surface area contributed by atoms with Crippen LogP contribution >= 0.6 is 11.8 Å². The van der Waals surface area contributed by atoms with Gasteiger partial charge in [0.2, 0.25) is 0 Å². The standard InChI is InChI=1S/C19H29N3OS/c1-15-5-3-4-6-16(15)13-22-10-7-17(8-11-22)20-19(23)21(2)18-9-12-24-14-18/h3-6,17-18H,7-14H2,1-2H3,(H,20,23)/t18-/m1/s1. The van der Waals surface area contributed by atoms with Gasteiger partial charge in [0.1, 0.15) is 0 Å². The predicted octanol–water partition coefficient (Wildman–Crippen LogP) is 3.11. The number of carbonyl (C=O) groups excluding carboxylic acids is 1. The van der Waals surface area contributed by atoms with E-state index in [2.05, 4.69) is 41.4 Å². The lowest BCUT2D eigenvalue weighted by Gasteiger charge is -2.34. The van der Waals surface area contributed by atoms with E-state index in [0.717, 1.165) is 44.6 Å². The largest absolute Gasteiger partial charge is 0.335 e. The van der Waals surface area contributed by atoms with Crippen molar-refractivity contribution in [3.8, 4) is 0 Å². The first kappa shape index (κ1) is 17.6. The van der Waals surface area contributed by atoms with Crippen LogP contribution in [-0.4, -0.2) is 59.6 Å². The fraction of sp³-hybridized carbons (Fsp3) is 0.632. The van der Waals surface area contributed by atoms with E-state index >= 15 is 0 Å². The molecule has 0 bridgehead atoms. The van der Waals surface area contributed by atoms with Gasteiger partial charge in [-0.3, -0.25) is 4.90 Å². The third-order valence-electron chi connectivity index (χ3n) is 5.34. The van der Waals surface area contributed by atoms with Gasteiger partial charge in [-0.2, -0.15) is 11.8 Å². The van der Waals surface area contributed by atoms with Crippen molar-refractivity contribution in [1.29, 1.82) is 0 Å². The fourth-order valence-corrected chi connectivity index (χ4v) is 4.80. The lowest BCUT2D eigenvalue weighted by Crippen LogP contribution is -2.50. The number of aryl methyl sites for hydroxylation is 1. The average Bonchev–Trinajstić information content (AvgIpc) is 3.12. The Balaban J connectivity index is 1.43. The summed E-state index contributed by atoms with van der Waals surface area (Å²) < 4.78 is 0. The number of carbonyl (C=O) groups is 1. The summed E-state index contributed by atoms with van der Waals surface area (Å²) in [5, 5.41) is 3.24. The first-order valence-electron chi connectivity index (χ1n) is 9.01. The van der Waals surface area contributed by atoms with E-state index < -0.39 is 0 Å². The Morgan fingerprint density at radius 1 is 1.29 bits per heavy atom. The molecule has 0 aliphatic carbocycles. The SMILES string of the molecule is Cc1ccccc1CN1CCC(NC(=O)N(C)[C@@H]2CCSC2)CC1. The van der Waals surface area contributed by atoms with Crippen molar-refractivity contribution in [2.45, 2.75) is 44.8 Å². The van der Waals surface area contributed by atoms with Crippen molar-refractivity contribution >= 4 is 17.8 Å². The van der Waals surface area contributed by atoms with Crippen LogP contribution in [-0.2, 0) is 6.54 Å². The summed E-state index contributed by atoms with van der Waals surface area (Å²) in [4.78, 5) is 16.8. The molecule has 1 aromatic rings. The lowest BCUT2D eigenvalue weighted by molar-refractivity contribution is 0.167. The van der Waals surface area contributed by atoms with Crippen LogP contribution in [0.2, 0.25) is 0 Å². The second kappa shape index (κ2) is 8.26. The van der Waals surface area contributed by atoms with Gasteiger partial charge in [-0.15, -0.1) is 0 Å². The highest BCUT2D eigenvalue weighted by Crippen LogP contribution is 2.22. The average molecular weight is 348 g/mol. The maximum absolute atomic E-state index is 12.4. The van der Waals surface area contributed by atoms with Gasteiger partial charge in [0.05, 0.1) is 0 Å². The Bertz CT molecular complexity index is 551. The van der Waals surface area contributed by atoms with Crippen LogP contribution in [0.4, 0.5) is 4.79 Å². The van der Waals surface area contributed by atoms with Crippen LogP contribution in [0.3, 0.4) is 0 Å². The zero-order valence-electron chi connectivity index (χ0n) is 14.8. The lowest BCUT2D eigenvalue weighted by atomic mass is 10.0. The van der Waals surface area contributed by atoms with Crippen molar-refractivity contribution < 1.29 is 4.79 Å². The van der Waals surface area contributed by atoms with E-state index in [1.807, 2.05) is 23.7 Å². The number of nitrogens with one attached hydrogen (secondary N) is 1. The molecule has 0 radical (unpaired) electrons. The normalized spacial score (nSPS) is 22.5. The van der Waals surface area contributed by atoms with E-state index in [0.29, 0.717) is 12.1 Å². The molecule has 24 heavy (non-hydrogen) atoms. The maximum Gasteiger partial charge on any atom is 0.317 e. The van der Waals surface area contributed by atoms with Crippen molar-refractivity contribution in [3.63, 3.8) is 0 Å². The molecule has 3 rings (SSSR count). The highest BCUT2D eigenvalue weighted by atomic mass is 32.2. The van der Waals surface area contributed by atoms with Gasteiger partial charge in [-0.25, -0.2) is 4.79 Å². The molecule has 2 saturated heterocycles. The van der Waals surface area contributed by atoms with Crippen molar-refractivity contribution in [1.82, 2.24) is 15.1 Å². The quantitative estimate of drug-likeness (QED) is 0.909. The molecule has 0 spiro atoms. The number of rotatable bonds is 4. The number of likely N-dealkylation sites (tertiary alicyclic amines) is 1. The number of benzene rings is 1. The minimum Gasteiger partial charge on any atom is -0.335 e. The third-order valence-corrected chi connectivity index (χ3v) is 6.49. The number of nitrogens with zero attached hydrogens (tertiary/aromatic N) is 2. The second-order valence-corrected chi connectivity index (χ2v) is 8.20. The number of piperidine rings is 1. The van der Waals surface area contributed by atoms with Gasteiger partial charge in [0.15, 0.2) is 0 Å². The first-order valence-corrected chi connectivity index (χ1v) is 10.2. The van der Waals surface area contributed by atoms with Gasteiger partial charge in [-0.1, -0.05) is 24.3 Å². The minimum atomic E-state index is 0.111. The molecular weight excluding hydrogens is 318 g/mol. The smallest absolute Gasteiger partial charge is 0.317 e. The molecule has 0 unspecified atom stereocenters. The minimum absolute atomic E-state index is 0.111. The molecule has 1 N–H and O–H groups in total. The summed E-state index contributed by atoms with van der Waals surface area (Å²) in [6, 6.07) is 9.46. The van der Waals surface area contributed by atoms with Crippen LogP contribution in [0.5, 0.6) is 0 Å². The maximum atomic E-state index is 12.4. The molecular formula is C19H29N3OS. The monoisotopic (exact) mass is 347 g/mol. The number of amides is 2. The first-order chi connectivity index (χ1) is 11.6. The molecule has 2 heterocycles. The topological polar surface area (TPSA) is 35.6 Å². The number of hydrogen-bond acceptors (Lipinski definition) is 3. The molecule has 4 nitrogen and oxygen atoms in total. The summed E-state index contributed by atoms with van der Waals surface area (Å²) in [6.07, 6.45) is 3.22. The van der Waals surface area contributed by atoms with E-state index in [4.69, 9.17) is 0 Å². The third kappa shape index (κ3) is 4.45. The molecule has 2 amide bonds. The Hall–Kier alpha value is -1.20. The Kier molecular flexibility index (Phi) is 6.06. The van der Waals surface area contributed by atoms with Crippen molar-refractivity contribution in [2.75, 3.05) is 31.6 Å². The molecule has 1 atom stereocenters. The van der Waals surface area contributed by atoms with E-state index in [9.17, 15) is 4.79 Å². The zero-order chi connectivity index (χ0) is 16.9. The van der Waals surface area contributed by atoms with Gasteiger partial charge < -0.3 is 10.2 Å². The molecule has 2 aliphatic heterocycles. The van der Waals surface area contributed by atoms with Gasteiger partial charge >= 0.3 is 6.03 Å². The summed E-state index contributed by atoms with van der Waals surface area (Å²) in [7, 11) is 1.94. The fourth-order valence-electron chi connectivity index (χ4n) is 3.53. The molecule has 132 valence electrons. The van der Waals surface area contributed by atoms with E-state index in [1.54, 1.807) is 0 Å².